The van der Waals surface area contributed by atoms with Gasteiger partial charge < -0.3 is 10.6 Å². The smallest absolute Gasteiger partial charge is 0.241 e. The fraction of sp³-hybridized carbons (Fsp3) is 0.462. The quantitative estimate of drug-likeness (QED) is 0.742. The molecule has 1 rings (SSSR count). The lowest BCUT2D eigenvalue weighted by Gasteiger charge is -2.20. The molecule has 0 atom stereocenters. The van der Waals surface area contributed by atoms with Gasteiger partial charge in [0, 0.05) is 17.8 Å². The number of anilines is 1. The fourth-order valence-corrected chi connectivity index (χ4v) is 3.20. The Hall–Kier alpha value is -1.18. The van der Waals surface area contributed by atoms with Gasteiger partial charge in [-0.15, -0.1) is 0 Å². The standard InChI is InChI=1S/C13H21N3O2S2/c1-5-14-12(19)15-10-6-8-11(9-7-10)20(17,18)16-13(2,3)4/h6-9,16H,5H2,1-4H3,(H2,14,15,19). The van der Waals surface area contributed by atoms with Crippen LogP contribution in [0, 0.1) is 0 Å². The second-order valence-corrected chi connectivity index (χ2v) is 7.45. The lowest BCUT2D eigenvalue weighted by atomic mass is 10.1. The lowest BCUT2D eigenvalue weighted by molar-refractivity contribution is 0.491. The summed E-state index contributed by atoms with van der Waals surface area (Å²) in [5.74, 6) is 0. The van der Waals surface area contributed by atoms with Gasteiger partial charge in [-0.05, 0) is 64.2 Å². The molecule has 0 unspecified atom stereocenters. The molecule has 0 radical (unpaired) electrons. The Kier molecular flexibility index (Phi) is 5.50. The highest BCUT2D eigenvalue weighted by atomic mass is 32.2. The van der Waals surface area contributed by atoms with E-state index in [0.29, 0.717) is 5.11 Å². The monoisotopic (exact) mass is 315 g/mol. The average Bonchev–Trinajstić information content (AvgIpc) is 2.26. The van der Waals surface area contributed by atoms with Gasteiger partial charge in [0.25, 0.3) is 0 Å². The fourth-order valence-electron chi connectivity index (χ4n) is 1.52. The first-order valence-corrected chi connectivity index (χ1v) is 8.22. The van der Waals surface area contributed by atoms with Crippen LogP contribution in [0.15, 0.2) is 29.2 Å². The Bertz CT molecular complexity index is 560. The van der Waals surface area contributed by atoms with Gasteiger partial charge in [0.1, 0.15) is 0 Å². The number of sulfonamides is 1. The second-order valence-electron chi connectivity index (χ2n) is 5.36. The minimum Gasteiger partial charge on any atom is -0.363 e. The molecule has 0 bridgehead atoms. The van der Waals surface area contributed by atoms with E-state index in [9.17, 15) is 8.42 Å². The van der Waals surface area contributed by atoms with Gasteiger partial charge in [0.05, 0.1) is 4.90 Å². The van der Waals surface area contributed by atoms with Crippen molar-refractivity contribution in [3.8, 4) is 0 Å². The zero-order chi connectivity index (χ0) is 15.4. The molecule has 0 aliphatic rings. The normalized spacial score (nSPS) is 12.0. The molecular formula is C13H21N3O2S2. The maximum absolute atomic E-state index is 12.1. The van der Waals surface area contributed by atoms with Gasteiger partial charge in [0.15, 0.2) is 5.11 Å². The third kappa shape index (κ3) is 5.44. The first-order chi connectivity index (χ1) is 9.14. The van der Waals surface area contributed by atoms with Crippen molar-refractivity contribution in [2.75, 3.05) is 11.9 Å². The zero-order valence-corrected chi connectivity index (χ0v) is 13.8. The Balaban J connectivity index is 2.83. The summed E-state index contributed by atoms with van der Waals surface area (Å²) in [5.41, 5.74) is 0.230. The molecule has 0 saturated heterocycles. The summed E-state index contributed by atoms with van der Waals surface area (Å²) in [6.07, 6.45) is 0. The molecule has 5 nitrogen and oxygen atoms in total. The molecule has 1 aromatic rings. The topological polar surface area (TPSA) is 70.2 Å². The minimum absolute atomic E-state index is 0.229. The molecule has 20 heavy (non-hydrogen) atoms. The second kappa shape index (κ2) is 6.51. The van der Waals surface area contributed by atoms with Crippen LogP contribution in [0.25, 0.3) is 0 Å². The maximum Gasteiger partial charge on any atom is 0.241 e. The Morgan fingerprint density at radius 3 is 2.20 bits per heavy atom. The van der Waals surface area contributed by atoms with Crippen molar-refractivity contribution in [3.63, 3.8) is 0 Å². The summed E-state index contributed by atoms with van der Waals surface area (Å²) < 4.78 is 26.8. The predicted octanol–water partition coefficient (Wildman–Crippen LogP) is 2.07. The molecule has 0 aliphatic heterocycles. The van der Waals surface area contributed by atoms with Crippen molar-refractivity contribution in [1.29, 1.82) is 0 Å². The van der Waals surface area contributed by atoms with Gasteiger partial charge in [-0.25, -0.2) is 13.1 Å². The summed E-state index contributed by atoms with van der Waals surface area (Å²) in [4.78, 5) is 0.229. The number of rotatable bonds is 4. The number of hydrogen-bond acceptors (Lipinski definition) is 3. The van der Waals surface area contributed by atoms with Gasteiger partial charge in [0.2, 0.25) is 10.0 Å². The highest BCUT2D eigenvalue weighted by Crippen LogP contribution is 2.16. The minimum atomic E-state index is -3.50. The van der Waals surface area contributed by atoms with E-state index in [1.54, 1.807) is 45.0 Å². The van der Waals surface area contributed by atoms with E-state index in [2.05, 4.69) is 15.4 Å². The molecule has 0 heterocycles. The maximum atomic E-state index is 12.1. The molecule has 112 valence electrons. The van der Waals surface area contributed by atoms with Crippen LogP contribution in [0.1, 0.15) is 27.7 Å². The van der Waals surface area contributed by atoms with Crippen molar-refractivity contribution in [1.82, 2.24) is 10.0 Å². The van der Waals surface area contributed by atoms with Crippen LogP contribution < -0.4 is 15.4 Å². The van der Waals surface area contributed by atoms with Crippen LogP contribution in [0.5, 0.6) is 0 Å². The van der Waals surface area contributed by atoms with Crippen molar-refractivity contribution in [3.05, 3.63) is 24.3 Å². The molecule has 0 amide bonds. The molecule has 1 aromatic carbocycles. The summed E-state index contributed by atoms with van der Waals surface area (Å²) in [6, 6.07) is 6.46. The Morgan fingerprint density at radius 2 is 1.75 bits per heavy atom. The van der Waals surface area contributed by atoms with Crippen molar-refractivity contribution >= 4 is 33.0 Å². The first-order valence-electron chi connectivity index (χ1n) is 6.33. The van der Waals surface area contributed by atoms with Crippen LogP contribution in [0.4, 0.5) is 5.69 Å². The number of nitrogens with one attached hydrogen (secondary N) is 3. The van der Waals surface area contributed by atoms with E-state index in [0.717, 1.165) is 12.2 Å². The van der Waals surface area contributed by atoms with E-state index in [4.69, 9.17) is 12.2 Å². The van der Waals surface area contributed by atoms with Crippen LogP contribution >= 0.6 is 12.2 Å². The van der Waals surface area contributed by atoms with E-state index >= 15 is 0 Å². The van der Waals surface area contributed by atoms with Crippen molar-refractivity contribution in [2.24, 2.45) is 0 Å². The molecule has 3 N–H and O–H groups in total. The highest BCUT2D eigenvalue weighted by molar-refractivity contribution is 7.89. The highest BCUT2D eigenvalue weighted by Gasteiger charge is 2.21. The summed E-state index contributed by atoms with van der Waals surface area (Å²) in [5, 5.41) is 6.44. The van der Waals surface area contributed by atoms with Gasteiger partial charge in [-0.2, -0.15) is 0 Å². The van der Waals surface area contributed by atoms with Crippen molar-refractivity contribution in [2.45, 2.75) is 38.1 Å². The van der Waals surface area contributed by atoms with Gasteiger partial charge in [-0.3, -0.25) is 0 Å². The van der Waals surface area contributed by atoms with E-state index in [1.807, 2.05) is 6.92 Å². The Labute approximate surface area is 126 Å². The SMILES string of the molecule is CCNC(=S)Nc1ccc(S(=O)(=O)NC(C)(C)C)cc1. The third-order valence-corrected chi connectivity index (χ3v) is 4.22. The largest absolute Gasteiger partial charge is 0.363 e. The van der Waals surface area contributed by atoms with Gasteiger partial charge >= 0.3 is 0 Å². The first kappa shape index (κ1) is 16.9. The number of thiocarbonyl (C=S) groups is 1. The van der Waals surface area contributed by atoms with Crippen LogP contribution in [-0.2, 0) is 10.0 Å². The molecule has 0 saturated carbocycles. The Morgan fingerprint density at radius 1 is 1.20 bits per heavy atom. The van der Waals surface area contributed by atoms with E-state index < -0.39 is 15.6 Å². The van der Waals surface area contributed by atoms with E-state index in [-0.39, 0.29) is 4.90 Å². The summed E-state index contributed by atoms with van der Waals surface area (Å²) >= 11 is 5.06. The molecule has 7 heteroatoms. The van der Waals surface area contributed by atoms with Gasteiger partial charge in [-0.1, -0.05) is 0 Å². The average molecular weight is 315 g/mol. The molecular weight excluding hydrogens is 294 g/mol. The molecule has 0 aliphatic carbocycles. The van der Waals surface area contributed by atoms with Crippen LogP contribution in [0.2, 0.25) is 0 Å². The zero-order valence-electron chi connectivity index (χ0n) is 12.1. The molecule has 0 fully saturated rings. The summed E-state index contributed by atoms with van der Waals surface area (Å²) in [7, 11) is -3.50. The number of benzene rings is 1. The molecule has 0 spiro atoms. The lowest BCUT2D eigenvalue weighted by Crippen LogP contribution is -2.40. The van der Waals surface area contributed by atoms with Crippen molar-refractivity contribution < 1.29 is 8.42 Å². The van der Waals surface area contributed by atoms with Crippen LogP contribution in [-0.4, -0.2) is 25.6 Å². The summed E-state index contributed by atoms with van der Waals surface area (Å²) in [6.45, 7) is 8.08. The predicted molar refractivity (Wildman–Crippen MR) is 86.4 cm³/mol. The third-order valence-electron chi connectivity index (χ3n) is 2.20. The molecule has 0 aromatic heterocycles. The van der Waals surface area contributed by atoms with E-state index in [1.165, 1.54) is 0 Å². The van der Waals surface area contributed by atoms with Crippen LogP contribution in [0.3, 0.4) is 0 Å². The number of hydrogen-bond donors (Lipinski definition) is 3.